The lowest BCUT2D eigenvalue weighted by atomic mass is 9.96. The van der Waals surface area contributed by atoms with Crippen molar-refractivity contribution in [2.45, 2.75) is 26.3 Å². The largest absolute Gasteiger partial charge is 0.314 e. The van der Waals surface area contributed by atoms with Gasteiger partial charge in [-0.15, -0.1) is 0 Å². The second-order valence-electron chi connectivity index (χ2n) is 5.21. The monoisotopic (exact) mass is 233 g/mol. The molecule has 0 unspecified atom stereocenters. The van der Waals surface area contributed by atoms with Crippen LogP contribution in [0.2, 0.25) is 0 Å². The Balaban J connectivity index is 2.12. The van der Waals surface area contributed by atoms with Crippen LogP contribution < -0.4 is 5.32 Å². The molecule has 3 heteroatoms. The van der Waals surface area contributed by atoms with Crippen molar-refractivity contribution in [1.29, 1.82) is 0 Å². The van der Waals surface area contributed by atoms with Crippen molar-refractivity contribution in [1.82, 2.24) is 15.2 Å². The molecule has 1 saturated heterocycles. The van der Waals surface area contributed by atoms with Crippen molar-refractivity contribution in [2.75, 3.05) is 26.2 Å². The average Bonchev–Trinajstić information content (AvgIpc) is 2.38. The van der Waals surface area contributed by atoms with E-state index in [1.165, 1.54) is 12.0 Å². The minimum absolute atomic E-state index is 0.556. The fourth-order valence-electron chi connectivity index (χ4n) is 2.52. The zero-order valence-electron chi connectivity index (χ0n) is 10.9. The lowest BCUT2D eigenvalue weighted by Gasteiger charge is -2.36. The number of hydrogen-bond acceptors (Lipinski definition) is 3. The Morgan fingerprint density at radius 1 is 1.24 bits per heavy atom. The molecule has 94 valence electrons. The Morgan fingerprint density at radius 3 is 2.47 bits per heavy atom. The van der Waals surface area contributed by atoms with E-state index < -0.39 is 0 Å². The number of nitrogens with zero attached hydrogens (tertiary/aromatic N) is 2. The SMILES string of the molecule is CC(C)C[C@@H](c1ccncc1)N1CCNCC1. The second kappa shape index (κ2) is 6.12. The molecule has 0 amide bonds. The predicted molar refractivity (Wildman–Crippen MR) is 70.9 cm³/mol. The van der Waals surface area contributed by atoms with Gasteiger partial charge in [-0.05, 0) is 30.0 Å². The number of aromatic nitrogens is 1. The molecular formula is C14H23N3. The van der Waals surface area contributed by atoms with Gasteiger partial charge in [0, 0.05) is 44.6 Å². The van der Waals surface area contributed by atoms with E-state index in [0.717, 1.165) is 32.1 Å². The summed E-state index contributed by atoms with van der Waals surface area (Å²) in [6, 6.07) is 4.88. The van der Waals surface area contributed by atoms with Crippen LogP contribution in [0.1, 0.15) is 31.9 Å². The second-order valence-corrected chi connectivity index (χ2v) is 5.21. The van der Waals surface area contributed by atoms with Crippen molar-refractivity contribution in [3.05, 3.63) is 30.1 Å². The summed E-state index contributed by atoms with van der Waals surface area (Å²) in [5.41, 5.74) is 1.41. The van der Waals surface area contributed by atoms with Crippen LogP contribution in [0, 0.1) is 5.92 Å². The first-order valence-electron chi connectivity index (χ1n) is 6.62. The maximum Gasteiger partial charge on any atom is 0.0352 e. The summed E-state index contributed by atoms with van der Waals surface area (Å²) in [5.74, 6) is 0.725. The van der Waals surface area contributed by atoms with Crippen molar-refractivity contribution in [3.8, 4) is 0 Å². The molecule has 1 aromatic heterocycles. The molecule has 1 aromatic rings. The average molecular weight is 233 g/mol. The van der Waals surface area contributed by atoms with Gasteiger partial charge in [0.25, 0.3) is 0 Å². The Bertz CT molecular complexity index is 317. The standard InChI is InChI=1S/C14H23N3/c1-12(2)11-14(13-3-5-15-6-4-13)17-9-7-16-8-10-17/h3-6,12,14,16H,7-11H2,1-2H3/t14-/m0/s1. The van der Waals surface area contributed by atoms with E-state index in [1.54, 1.807) is 0 Å². The van der Waals surface area contributed by atoms with E-state index >= 15 is 0 Å². The van der Waals surface area contributed by atoms with Gasteiger partial charge in [-0.25, -0.2) is 0 Å². The van der Waals surface area contributed by atoms with E-state index in [4.69, 9.17) is 0 Å². The summed E-state index contributed by atoms with van der Waals surface area (Å²) >= 11 is 0. The van der Waals surface area contributed by atoms with Gasteiger partial charge in [0.1, 0.15) is 0 Å². The molecule has 0 spiro atoms. The topological polar surface area (TPSA) is 28.2 Å². The van der Waals surface area contributed by atoms with Gasteiger partial charge in [-0.3, -0.25) is 9.88 Å². The molecule has 1 fully saturated rings. The van der Waals surface area contributed by atoms with Crippen LogP contribution in [0.3, 0.4) is 0 Å². The molecule has 3 nitrogen and oxygen atoms in total. The Morgan fingerprint density at radius 2 is 1.88 bits per heavy atom. The van der Waals surface area contributed by atoms with Crippen LogP contribution in [0.5, 0.6) is 0 Å². The highest BCUT2D eigenvalue weighted by Gasteiger charge is 2.22. The van der Waals surface area contributed by atoms with Crippen molar-refractivity contribution in [3.63, 3.8) is 0 Å². The molecule has 1 N–H and O–H groups in total. The summed E-state index contributed by atoms with van der Waals surface area (Å²) in [6.45, 7) is 9.13. The molecule has 1 aliphatic heterocycles. The minimum atomic E-state index is 0.556. The number of rotatable bonds is 4. The molecule has 2 heterocycles. The maximum absolute atomic E-state index is 4.12. The molecule has 1 atom stereocenters. The Hall–Kier alpha value is -0.930. The van der Waals surface area contributed by atoms with E-state index in [2.05, 4.69) is 41.2 Å². The van der Waals surface area contributed by atoms with Crippen molar-refractivity contribution in [2.24, 2.45) is 5.92 Å². The highest BCUT2D eigenvalue weighted by atomic mass is 15.2. The molecule has 0 bridgehead atoms. The summed E-state index contributed by atoms with van der Waals surface area (Å²) in [6.07, 6.45) is 5.04. The predicted octanol–water partition coefficient (Wildman–Crippen LogP) is 2.07. The molecule has 0 radical (unpaired) electrons. The third-order valence-electron chi connectivity index (χ3n) is 3.38. The van der Waals surface area contributed by atoms with Crippen LogP contribution in [0.15, 0.2) is 24.5 Å². The molecule has 0 aromatic carbocycles. The lowest BCUT2D eigenvalue weighted by Crippen LogP contribution is -2.45. The molecule has 17 heavy (non-hydrogen) atoms. The highest BCUT2D eigenvalue weighted by Crippen LogP contribution is 2.27. The zero-order chi connectivity index (χ0) is 12.1. The normalized spacial score (nSPS) is 19.5. The molecule has 0 aliphatic carbocycles. The smallest absolute Gasteiger partial charge is 0.0352 e. The van der Waals surface area contributed by atoms with Gasteiger partial charge >= 0.3 is 0 Å². The van der Waals surface area contributed by atoms with Crippen LogP contribution >= 0.6 is 0 Å². The summed E-state index contributed by atoms with van der Waals surface area (Å²) in [5, 5.41) is 3.42. The summed E-state index contributed by atoms with van der Waals surface area (Å²) in [4.78, 5) is 6.72. The molecular weight excluding hydrogens is 210 g/mol. The third-order valence-corrected chi connectivity index (χ3v) is 3.38. The summed E-state index contributed by atoms with van der Waals surface area (Å²) < 4.78 is 0. The maximum atomic E-state index is 4.12. The van der Waals surface area contributed by atoms with Crippen LogP contribution in [0.4, 0.5) is 0 Å². The van der Waals surface area contributed by atoms with Gasteiger partial charge in [0.05, 0.1) is 0 Å². The number of nitrogens with one attached hydrogen (secondary N) is 1. The third kappa shape index (κ3) is 3.51. The minimum Gasteiger partial charge on any atom is -0.314 e. The van der Waals surface area contributed by atoms with Crippen LogP contribution in [-0.4, -0.2) is 36.1 Å². The Kier molecular flexibility index (Phi) is 4.51. The fourth-order valence-corrected chi connectivity index (χ4v) is 2.52. The van der Waals surface area contributed by atoms with Gasteiger partial charge < -0.3 is 5.32 Å². The van der Waals surface area contributed by atoms with Gasteiger partial charge in [-0.1, -0.05) is 13.8 Å². The summed E-state index contributed by atoms with van der Waals surface area (Å²) in [7, 11) is 0. The van der Waals surface area contributed by atoms with E-state index in [9.17, 15) is 0 Å². The first-order chi connectivity index (χ1) is 8.27. The van der Waals surface area contributed by atoms with E-state index in [0.29, 0.717) is 6.04 Å². The molecule has 1 aliphatic rings. The fraction of sp³-hybridized carbons (Fsp3) is 0.643. The number of hydrogen-bond donors (Lipinski definition) is 1. The van der Waals surface area contributed by atoms with E-state index in [1.807, 2.05) is 12.4 Å². The van der Waals surface area contributed by atoms with Crippen molar-refractivity contribution >= 4 is 0 Å². The number of piperazine rings is 1. The molecule has 2 rings (SSSR count). The number of pyridine rings is 1. The highest BCUT2D eigenvalue weighted by molar-refractivity contribution is 5.15. The van der Waals surface area contributed by atoms with E-state index in [-0.39, 0.29) is 0 Å². The van der Waals surface area contributed by atoms with Gasteiger partial charge in [0.2, 0.25) is 0 Å². The zero-order valence-corrected chi connectivity index (χ0v) is 10.9. The van der Waals surface area contributed by atoms with Gasteiger partial charge in [-0.2, -0.15) is 0 Å². The van der Waals surface area contributed by atoms with Crippen LogP contribution in [-0.2, 0) is 0 Å². The quantitative estimate of drug-likeness (QED) is 0.863. The van der Waals surface area contributed by atoms with Crippen LogP contribution in [0.25, 0.3) is 0 Å². The first kappa shape index (κ1) is 12.5. The lowest BCUT2D eigenvalue weighted by molar-refractivity contribution is 0.154. The first-order valence-corrected chi connectivity index (χ1v) is 6.62. The van der Waals surface area contributed by atoms with Crippen molar-refractivity contribution < 1.29 is 0 Å². The molecule has 0 saturated carbocycles. The van der Waals surface area contributed by atoms with Gasteiger partial charge in [0.15, 0.2) is 0 Å². The Labute approximate surface area is 104 Å².